The van der Waals surface area contributed by atoms with Crippen LogP contribution in [0, 0.1) is 12.8 Å². The van der Waals surface area contributed by atoms with Crippen LogP contribution >= 0.6 is 0 Å². The third-order valence-corrected chi connectivity index (χ3v) is 5.59. The maximum absolute atomic E-state index is 12.5. The fourth-order valence-corrected chi connectivity index (χ4v) is 3.97. The lowest BCUT2D eigenvalue weighted by molar-refractivity contribution is 0.0678. The van der Waals surface area contributed by atoms with Crippen molar-refractivity contribution in [1.82, 2.24) is 19.8 Å². The number of nitrogens with zero attached hydrogens (tertiary/aromatic N) is 4. The standard InChI is InChI=1S/C19H24N4O3/c1-13-16(11-20-26-13)19(25)22-8-6-14(7-9-22)12-23-18(24)10-15-4-2-3-5-17(15)21-23/h10-11,14H,2-9,12H2,1H3. The highest BCUT2D eigenvalue weighted by molar-refractivity contribution is 5.94. The Morgan fingerprint density at radius 1 is 1.27 bits per heavy atom. The molecular weight excluding hydrogens is 332 g/mol. The van der Waals surface area contributed by atoms with Crippen molar-refractivity contribution in [2.75, 3.05) is 13.1 Å². The Bertz CT molecular complexity index is 862. The second-order valence-electron chi connectivity index (χ2n) is 7.37. The molecule has 0 N–H and O–H groups in total. The Labute approximate surface area is 152 Å². The molecule has 7 nitrogen and oxygen atoms in total. The van der Waals surface area contributed by atoms with E-state index in [4.69, 9.17) is 4.52 Å². The first-order valence-corrected chi connectivity index (χ1v) is 9.42. The van der Waals surface area contributed by atoms with Gasteiger partial charge in [-0.1, -0.05) is 5.16 Å². The number of likely N-dealkylation sites (tertiary alicyclic amines) is 1. The molecule has 0 saturated carbocycles. The van der Waals surface area contributed by atoms with Crippen LogP contribution in [0.5, 0.6) is 0 Å². The van der Waals surface area contributed by atoms with Gasteiger partial charge in [-0.05, 0) is 56.9 Å². The molecule has 0 aromatic carbocycles. The average Bonchev–Trinajstić information content (AvgIpc) is 3.08. The topological polar surface area (TPSA) is 81.2 Å². The van der Waals surface area contributed by atoms with Crippen LogP contribution in [0.15, 0.2) is 21.6 Å². The smallest absolute Gasteiger partial charge is 0.267 e. The Balaban J connectivity index is 1.39. The summed E-state index contributed by atoms with van der Waals surface area (Å²) in [5.41, 5.74) is 2.76. The lowest BCUT2D eigenvalue weighted by Crippen LogP contribution is -2.40. The number of hydrogen-bond acceptors (Lipinski definition) is 5. The number of piperidine rings is 1. The first-order valence-electron chi connectivity index (χ1n) is 9.42. The normalized spacial score (nSPS) is 18.0. The van der Waals surface area contributed by atoms with E-state index in [1.807, 2.05) is 4.90 Å². The molecule has 3 heterocycles. The predicted octanol–water partition coefficient (Wildman–Crippen LogP) is 1.97. The summed E-state index contributed by atoms with van der Waals surface area (Å²) < 4.78 is 6.63. The molecule has 1 aliphatic carbocycles. The quantitative estimate of drug-likeness (QED) is 0.840. The Morgan fingerprint density at radius 2 is 2.04 bits per heavy atom. The molecule has 2 aromatic rings. The summed E-state index contributed by atoms with van der Waals surface area (Å²) in [6.45, 7) is 3.77. The van der Waals surface area contributed by atoms with Gasteiger partial charge in [0.1, 0.15) is 11.3 Å². The highest BCUT2D eigenvalue weighted by atomic mass is 16.5. The number of aryl methyl sites for hydroxylation is 3. The molecular formula is C19H24N4O3. The minimum absolute atomic E-state index is 0.00394. The van der Waals surface area contributed by atoms with Crippen LogP contribution in [0.2, 0.25) is 0 Å². The minimum Gasteiger partial charge on any atom is -0.361 e. The van der Waals surface area contributed by atoms with Crippen molar-refractivity contribution in [3.8, 4) is 0 Å². The van der Waals surface area contributed by atoms with E-state index < -0.39 is 0 Å². The van der Waals surface area contributed by atoms with Crippen molar-refractivity contribution >= 4 is 5.91 Å². The number of amides is 1. The first kappa shape index (κ1) is 17.0. The zero-order valence-electron chi connectivity index (χ0n) is 15.1. The highest BCUT2D eigenvalue weighted by Gasteiger charge is 2.26. The van der Waals surface area contributed by atoms with Gasteiger partial charge in [0.25, 0.3) is 11.5 Å². The van der Waals surface area contributed by atoms with Gasteiger partial charge >= 0.3 is 0 Å². The fourth-order valence-electron chi connectivity index (χ4n) is 3.97. The number of aromatic nitrogens is 3. The molecule has 0 atom stereocenters. The summed E-state index contributed by atoms with van der Waals surface area (Å²) in [4.78, 5) is 26.7. The number of fused-ring (bicyclic) bond motifs is 1. The molecule has 4 rings (SSSR count). The van der Waals surface area contributed by atoms with Crippen molar-refractivity contribution in [2.45, 2.75) is 52.0 Å². The molecule has 1 aliphatic heterocycles. The van der Waals surface area contributed by atoms with Gasteiger partial charge in [-0.15, -0.1) is 0 Å². The molecule has 7 heteroatoms. The molecule has 1 fully saturated rings. The average molecular weight is 356 g/mol. The molecule has 138 valence electrons. The summed E-state index contributed by atoms with van der Waals surface area (Å²) >= 11 is 0. The molecule has 0 bridgehead atoms. The maximum atomic E-state index is 12.5. The van der Waals surface area contributed by atoms with Crippen molar-refractivity contribution in [3.63, 3.8) is 0 Å². The third-order valence-electron chi connectivity index (χ3n) is 5.59. The number of rotatable bonds is 3. The lowest BCUT2D eigenvalue weighted by atomic mass is 9.95. The Kier molecular flexibility index (Phi) is 4.61. The molecule has 1 amide bonds. The highest BCUT2D eigenvalue weighted by Crippen LogP contribution is 2.22. The molecule has 26 heavy (non-hydrogen) atoms. The second-order valence-corrected chi connectivity index (χ2v) is 7.37. The van der Waals surface area contributed by atoms with E-state index in [1.165, 1.54) is 6.20 Å². The van der Waals surface area contributed by atoms with Gasteiger partial charge < -0.3 is 9.42 Å². The zero-order valence-corrected chi connectivity index (χ0v) is 15.1. The Hall–Kier alpha value is -2.44. The van der Waals surface area contributed by atoms with Crippen molar-refractivity contribution in [3.05, 3.63) is 45.2 Å². The Morgan fingerprint density at radius 3 is 2.77 bits per heavy atom. The van der Waals surface area contributed by atoms with E-state index >= 15 is 0 Å². The largest absolute Gasteiger partial charge is 0.361 e. The zero-order chi connectivity index (χ0) is 18.1. The van der Waals surface area contributed by atoms with Crippen LogP contribution in [0.25, 0.3) is 0 Å². The molecule has 0 radical (unpaired) electrons. The van der Waals surface area contributed by atoms with Gasteiger partial charge in [0.15, 0.2) is 0 Å². The van der Waals surface area contributed by atoms with Crippen molar-refractivity contribution in [2.24, 2.45) is 5.92 Å². The molecule has 0 unspecified atom stereocenters. The summed E-state index contributed by atoms with van der Waals surface area (Å²) in [6.07, 6.45) is 7.49. The monoisotopic (exact) mass is 356 g/mol. The summed E-state index contributed by atoms with van der Waals surface area (Å²) in [5.74, 6) is 0.905. The van der Waals surface area contributed by atoms with Crippen LogP contribution in [0.1, 0.15) is 53.1 Å². The van der Waals surface area contributed by atoms with Gasteiger partial charge in [-0.3, -0.25) is 9.59 Å². The number of carbonyl (C=O) groups excluding carboxylic acids is 1. The van der Waals surface area contributed by atoms with Gasteiger partial charge in [0.05, 0.1) is 11.9 Å². The lowest BCUT2D eigenvalue weighted by Gasteiger charge is -2.32. The van der Waals surface area contributed by atoms with E-state index in [0.717, 1.165) is 49.8 Å². The minimum atomic E-state index is -0.0220. The third kappa shape index (κ3) is 3.30. The van der Waals surface area contributed by atoms with E-state index in [1.54, 1.807) is 17.7 Å². The van der Waals surface area contributed by atoms with Crippen LogP contribution < -0.4 is 5.56 Å². The SMILES string of the molecule is Cc1oncc1C(=O)N1CCC(Cn2nc3c(cc2=O)CCCC3)CC1. The van der Waals surface area contributed by atoms with Gasteiger partial charge in [0, 0.05) is 25.7 Å². The maximum Gasteiger partial charge on any atom is 0.267 e. The van der Waals surface area contributed by atoms with E-state index in [9.17, 15) is 9.59 Å². The van der Waals surface area contributed by atoms with E-state index in [2.05, 4.69) is 10.3 Å². The number of hydrogen-bond donors (Lipinski definition) is 0. The van der Waals surface area contributed by atoms with Gasteiger partial charge in [-0.2, -0.15) is 5.10 Å². The number of carbonyl (C=O) groups is 1. The second kappa shape index (κ2) is 7.05. The fraction of sp³-hybridized carbons (Fsp3) is 0.579. The molecule has 1 saturated heterocycles. The van der Waals surface area contributed by atoms with E-state index in [0.29, 0.717) is 36.9 Å². The van der Waals surface area contributed by atoms with Crippen molar-refractivity contribution in [1.29, 1.82) is 0 Å². The van der Waals surface area contributed by atoms with Crippen LogP contribution in [-0.2, 0) is 19.4 Å². The molecule has 2 aliphatic rings. The van der Waals surface area contributed by atoms with Crippen LogP contribution in [0.4, 0.5) is 0 Å². The van der Waals surface area contributed by atoms with Gasteiger partial charge in [0.2, 0.25) is 0 Å². The summed E-state index contributed by atoms with van der Waals surface area (Å²) in [6, 6.07) is 1.77. The van der Waals surface area contributed by atoms with Crippen LogP contribution in [-0.4, -0.2) is 38.8 Å². The van der Waals surface area contributed by atoms with Crippen molar-refractivity contribution < 1.29 is 9.32 Å². The molecule has 0 spiro atoms. The van der Waals surface area contributed by atoms with Gasteiger partial charge in [-0.25, -0.2) is 4.68 Å². The first-order chi connectivity index (χ1) is 12.6. The molecule has 2 aromatic heterocycles. The van der Waals surface area contributed by atoms with E-state index in [-0.39, 0.29) is 11.5 Å². The summed E-state index contributed by atoms with van der Waals surface area (Å²) in [7, 11) is 0. The summed E-state index contributed by atoms with van der Waals surface area (Å²) in [5, 5.41) is 8.30. The van der Waals surface area contributed by atoms with Crippen LogP contribution in [0.3, 0.4) is 0 Å². The predicted molar refractivity (Wildman–Crippen MR) is 95.0 cm³/mol.